The van der Waals surface area contributed by atoms with Crippen molar-refractivity contribution in [2.24, 2.45) is 0 Å². The number of amides is 1. The van der Waals surface area contributed by atoms with Crippen molar-refractivity contribution in [1.82, 2.24) is 19.9 Å². The fourth-order valence-electron chi connectivity index (χ4n) is 3.04. The average molecular weight is 365 g/mol. The summed E-state index contributed by atoms with van der Waals surface area (Å²) in [4.78, 5) is 28.7. The van der Waals surface area contributed by atoms with E-state index in [0.29, 0.717) is 18.9 Å². The van der Waals surface area contributed by atoms with Gasteiger partial charge in [-0.2, -0.15) is 0 Å². The van der Waals surface area contributed by atoms with Gasteiger partial charge in [0.05, 0.1) is 18.8 Å². The summed E-state index contributed by atoms with van der Waals surface area (Å²) in [5, 5.41) is 5.52. The number of pyridine rings is 1. The van der Waals surface area contributed by atoms with Gasteiger partial charge in [-0.1, -0.05) is 12.1 Å². The second kappa shape index (κ2) is 7.21. The highest BCUT2D eigenvalue weighted by molar-refractivity contribution is 7.09. The third-order valence-corrected chi connectivity index (χ3v) is 5.29. The van der Waals surface area contributed by atoms with E-state index in [1.807, 2.05) is 29.2 Å². The molecule has 26 heavy (non-hydrogen) atoms. The lowest BCUT2D eigenvalue weighted by Crippen LogP contribution is -2.35. The molecule has 4 rings (SSSR count). The quantitative estimate of drug-likeness (QED) is 0.769. The first-order valence-corrected chi connectivity index (χ1v) is 9.41. The monoisotopic (exact) mass is 365 g/mol. The second-order valence-electron chi connectivity index (χ2n) is 6.16. The number of nitrogens with one attached hydrogen (secondary N) is 1. The molecule has 0 saturated carbocycles. The Balaban J connectivity index is 1.71. The number of aromatic nitrogens is 3. The Morgan fingerprint density at radius 2 is 2.19 bits per heavy atom. The smallest absolute Gasteiger partial charge is 0.219 e. The van der Waals surface area contributed by atoms with E-state index in [1.54, 1.807) is 24.5 Å². The minimum atomic E-state index is 0.0711. The van der Waals surface area contributed by atoms with E-state index in [2.05, 4.69) is 21.7 Å². The molecule has 0 bridgehead atoms. The normalized spacial score (nSPS) is 13.3. The van der Waals surface area contributed by atoms with Crippen LogP contribution in [0.3, 0.4) is 0 Å². The Bertz CT molecular complexity index is 911. The van der Waals surface area contributed by atoms with Gasteiger partial charge < -0.3 is 10.2 Å². The fourth-order valence-corrected chi connectivity index (χ4v) is 3.68. The zero-order chi connectivity index (χ0) is 17.9. The SMILES string of the molecule is CC(=O)N1CCc2c(nc(-c3ccccn3)nc2NCc2cccs2)C1. The highest BCUT2D eigenvalue weighted by Gasteiger charge is 2.24. The fraction of sp³-hybridized carbons (Fsp3) is 0.263. The highest BCUT2D eigenvalue weighted by atomic mass is 32.1. The molecule has 3 aromatic rings. The van der Waals surface area contributed by atoms with Crippen molar-refractivity contribution in [2.75, 3.05) is 11.9 Å². The molecule has 0 radical (unpaired) electrons. The van der Waals surface area contributed by atoms with Crippen LogP contribution in [-0.4, -0.2) is 32.3 Å². The van der Waals surface area contributed by atoms with Crippen LogP contribution >= 0.6 is 11.3 Å². The number of rotatable bonds is 4. The van der Waals surface area contributed by atoms with Crippen molar-refractivity contribution >= 4 is 23.1 Å². The predicted octanol–water partition coefficient (Wildman–Crippen LogP) is 3.12. The molecule has 132 valence electrons. The van der Waals surface area contributed by atoms with Gasteiger partial charge in [-0.15, -0.1) is 11.3 Å². The van der Waals surface area contributed by atoms with Crippen LogP contribution in [0.15, 0.2) is 41.9 Å². The number of hydrogen-bond donors (Lipinski definition) is 1. The molecule has 0 fully saturated rings. The minimum absolute atomic E-state index is 0.0711. The molecule has 1 amide bonds. The summed E-state index contributed by atoms with van der Waals surface area (Å²) >= 11 is 1.71. The number of nitrogens with zero attached hydrogens (tertiary/aromatic N) is 4. The molecule has 0 atom stereocenters. The van der Waals surface area contributed by atoms with Gasteiger partial charge in [-0.25, -0.2) is 9.97 Å². The summed E-state index contributed by atoms with van der Waals surface area (Å²) in [7, 11) is 0. The van der Waals surface area contributed by atoms with E-state index in [9.17, 15) is 4.79 Å². The van der Waals surface area contributed by atoms with Crippen LogP contribution < -0.4 is 5.32 Å². The topological polar surface area (TPSA) is 71.0 Å². The number of fused-ring (bicyclic) bond motifs is 1. The van der Waals surface area contributed by atoms with Crippen LogP contribution in [-0.2, 0) is 24.3 Å². The number of carbonyl (C=O) groups excluding carboxylic acids is 1. The highest BCUT2D eigenvalue weighted by Crippen LogP contribution is 2.27. The Morgan fingerprint density at radius 1 is 1.27 bits per heavy atom. The summed E-state index contributed by atoms with van der Waals surface area (Å²) in [5.41, 5.74) is 2.73. The van der Waals surface area contributed by atoms with E-state index >= 15 is 0 Å². The minimum Gasteiger partial charge on any atom is -0.365 e. The summed E-state index contributed by atoms with van der Waals surface area (Å²) in [6, 6.07) is 9.83. The van der Waals surface area contributed by atoms with Gasteiger partial charge in [-0.05, 0) is 30.0 Å². The lowest BCUT2D eigenvalue weighted by atomic mass is 10.0. The summed E-state index contributed by atoms with van der Waals surface area (Å²) in [6.07, 6.45) is 2.49. The second-order valence-corrected chi connectivity index (χ2v) is 7.19. The van der Waals surface area contributed by atoms with E-state index in [0.717, 1.165) is 35.7 Å². The summed E-state index contributed by atoms with van der Waals surface area (Å²) in [6.45, 7) is 3.53. The van der Waals surface area contributed by atoms with E-state index < -0.39 is 0 Å². The van der Waals surface area contributed by atoms with Crippen LogP contribution in [0.1, 0.15) is 23.1 Å². The Morgan fingerprint density at radius 3 is 2.92 bits per heavy atom. The molecule has 4 heterocycles. The first-order chi connectivity index (χ1) is 12.7. The molecule has 0 spiro atoms. The molecule has 1 N–H and O–H groups in total. The molecule has 0 unspecified atom stereocenters. The van der Waals surface area contributed by atoms with Crippen molar-refractivity contribution in [1.29, 1.82) is 0 Å². The Kier molecular flexibility index (Phi) is 4.62. The van der Waals surface area contributed by atoms with Crippen molar-refractivity contribution in [2.45, 2.75) is 26.4 Å². The molecule has 1 aliphatic rings. The maximum absolute atomic E-state index is 11.8. The standard InChI is InChI=1S/C19H19N5OS/c1-13(25)24-9-7-15-17(12-24)22-19(16-6-2-3-8-20-16)23-18(15)21-11-14-5-4-10-26-14/h2-6,8,10H,7,9,11-12H2,1H3,(H,21,22,23). The number of carbonyl (C=O) groups is 1. The Hall–Kier alpha value is -2.80. The molecule has 3 aromatic heterocycles. The van der Waals surface area contributed by atoms with E-state index in [1.165, 1.54) is 4.88 Å². The van der Waals surface area contributed by atoms with Crippen molar-refractivity contribution in [3.63, 3.8) is 0 Å². The zero-order valence-corrected chi connectivity index (χ0v) is 15.3. The van der Waals surface area contributed by atoms with Gasteiger partial charge >= 0.3 is 0 Å². The van der Waals surface area contributed by atoms with E-state index in [4.69, 9.17) is 9.97 Å². The van der Waals surface area contributed by atoms with Crippen LogP contribution in [0.4, 0.5) is 5.82 Å². The molecule has 6 nitrogen and oxygen atoms in total. The van der Waals surface area contributed by atoms with Crippen molar-refractivity contribution < 1.29 is 4.79 Å². The Labute approximate surface area is 155 Å². The maximum Gasteiger partial charge on any atom is 0.219 e. The molecule has 0 saturated heterocycles. The lowest BCUT2D eigenvalue weighted by Gasteiger charge is -2.28. The third kappa shape index (κ3) is 3.43. The molecular formula is C19H19N5OS. The third-order valence-electron chi connectivity index (χ3n) is 4.41. The predicted molar refractivity (Wildman–Crippen MR) is 102 cm³/mol. The van der Waals surface area contributed by atoms with Crippen molar-refractivity contribution in [3.05, 3.63) is 58.0 Å². The number of anilines is 1. The van der Waals surface area contributed by atoms with Gasteiger partial charge in [0, 0.05) is 30.1 Å². The summed E-state index contributed by atoms with van der Waals surface area (Å²) < 4.78 is 0. The molecule has 0 aromatic carbocycles. The molecular weight excluding hydrogens is 346 g/mol. The molecule has 7 heteroatoms. The van der Waals surface area contributed by atoms with Gasteiger partial charge in [0.15, 0.2) is 5.82 Å². The first-order valence-electron chi connectivity index (χ1n) is 8.53. The average Bonchev–Trinajstić information content (AvgIpc) is 3.19. The first kappa shape index (κ1) is 16.7. The van der Waals surface area contributed by atoms with Crippen LogP contribution in [0, 0.1) is 0 Å². The largest absolute Gasteiger partial charge is 0.365 e. The number of hydrogen-bond acceptors (Lipinski definition) is 6. The summed E-state index contributed by atoms with van der Waals surface area (Å²) in [5.74, 6) is 1.50. The van der Waals surface area contributed by atoms with Crippen LogP contribution in [0.2, 0.25) is 0 Å². The van der Waals surface area contributed by atoms with Crippen LogP contribution in [0.25, 0.3) is 11.5 Å². The van der Waals surface area contributed by atoms with Gasteiger partial charge in [0.2, 0.25) is 5.91 Å². The van der Waals surface area contributed by atoms with Gasteiger partial charge in [0.25, 0.3) is 0 Å². The number of thiophene rings is 1. The van der Waals surface area contributed by atoms with E-state index in [-0.39, 0.29) is 5.91 Å². The lowest BCUT2D eigenvalue weighted by molar-refractivity contribution is -0.129. The molecule has 1 aliphatic heterocycles. The van der Waals surface area contributed by atoms with Crippen molar-refractivity contribution in [3.8, 4) is 11.5 Å². The molecule has 0 aliphatic carbocycles. The van der Waals surface area contributed by atoms with Gasteiger partial charge in [0.1, 0.15) is 11.5 Å². The maximum atomic E-state index is 11.8. The zero-order valence-electron chi connectivity index (χ0n) is 14.5. The van der Waals surface area contributed by atoms with Gasteiger partial charge in [-0.3, -0.25) is 9.78 Å². The van der Waals surface area contributed by atoms with Crippen LogP contribution in [0.5, 0.6) is 0 Å².